The molecule has 1 aliphatic rings. The summed E-state index contributed by atoms with van der Waals surface area (Å²) in [5.74, 6) is 0.542. The van der Waals surface area contributed by atoms with Crippen molar-refractivity contribution in [2.75, 3.05) is 31.7 Å². The molecule has 31 heavy (non-hydrogen) atoms. The van der Waals surface area contributed by atoms with Gasteiger partial charge in [-0.1, -0.05) is 44.2 Å². The van der Waals surface area contributed by atoms with Crippen LogP contribution in [0.4, 0.5) is 5.69 Å². The fourth-order valence-electron chi connectivity index (χ4n) is 3.28. The van der Waals surface area contributed by atoms with Crippen LogP contribution in [0.15, 0.2) is 60.3 Å². The molecule has 0 aliphatic carbocycles. The lowest BCUT2D eigenvalue weighted by atomic mass is 10.0. The van der Waals surface area contributed by atoms with Crippen molar-refractivity contribution in [2.45, 2.75) is 27.2 Å². The number of hydrogen-bond acceptors (Lipinski definition) is 5. The van der Waals surface area contributed by atoms with Crippen LogP contribution in [0.2, 0.25) is 0 Å². The van der Waals surface area contributed by atoms with Crippen LogP contribution in [-0.4, -0.2) is 43.1 Å². The quantitative estimate of drug-likeness (QED) is 0.431. The Hall–Kier alpha value is -3.12. The average molecular weight is 423 g/mol. The van der Waals surface area contributed by atoms with E-state index in [0.29, 0.717) is 55.5 Å². The van der Waals surface area contributed by atoms with Crippen molar-refractivity contribution in [2.24, 2.45) is 5.92 Å². The molecular formula is C25H30N2O4. The van der Waals surface area contributed by atoms with Gasteiger partial charge in [-0.2, -0.15) is 0 Å². The molecule has 1 aliphatic heterocycles. The molecule has 0 aromatic heterocycles. The first-order chi connectivity index (χ1) is 15.0. The Morgan fingerprint density at radius 3 is 2.32 bits per heavy atom. The SMILES string of the molecule is CCOCCCN1C(=O)C(Nc2ccccc2)=C(c2ccc(OCC(C)C)cc2)C1=O. The van der Waals surface area contributed by atoms with Gasteiger partial charge in [-0.3, -0.25) is 14.5 Å². The summed E-state index contributed by atoms with van der Waals surface area (Å²) in [6.07, 6.45) is 0.596. The van der Waals surface area contributed by atoms with Crippen molar-refractivity contribution in [3.63, 3.8) is 0 Å². The van der Waals surface area contributed by atoms with Crippen molar-refractivity contribution in [3.05, 3.63) is 65.9 Å². The minimum Gasteiger partial charge on any atom is -0.493 e. The van der Waals surface area contributed by atoms with E-state index in [2.05, 4.69) is 19.2 Å². The molecule has 6 heteroatoms. The third-order valence-electron chi connectivity index (χ3n) is 4.81. The fraction of sp³-hybridized carbons (Fsp3) is 0.360. The number of nitrogens with zero attached hydrogens (tertiary/aromatic N) is 1. The van der Waals surface area contributed by atoms with E-state index in [1.54, 1.807) is 0 Å². The van der Waals surface area contributed by atoms with E-state index < -0.39 is 0 Å². The Kier molecular flexibility index (Phi) is 7.84. The standard InChI is InChI=1S/C25H30N2O4/c1-4-30-16-8-15-27-24(28)22(19-11-13-21(14-12-19)31-17-18(2)3)23(25(27)29)26-20-9-6-5-7-10-20/h5-7,9-14,18,26H,4,8,15-17H2,1-3H3. The number of imide groups is 1. The van der Waals surface area contributed by atoms with Gasteiger partial charge in [0.05, 0.1) is 12.2 Å². The Bertz CT molecular complexity index is 920. The summed E-state index contributed by atoms with van der Waals surface area (Å²) in [6.45, 7) is 8.14. The number of para-hydroxylation sites is 1. The van der Waals surface area contributed by atoms with Gasteiger partial charge in [-0.15, -0.1) is 0 Å². The van der Waals surface area contributed by atoms with Gasteiger partial charge >= 0.3 is 0 Å². The molecule has 3 rings (SSSR count). The van der Waals surface area contributed by atoms with Crippen LogP contribution in [0.1, 0.15) is 32.8 Å². The van der Waals surface area contributed by atoms with Gasteiger partial charge in [0.2, 0.25) is 0 Å². The minimum absolute atomic E-state index is 0.295. The molecule has 164 valence electrons. The van der Waals surface area contributed by atoms with Crippen molar-refractivity contribution >= 4 is 23.1 Å². The number of carbonyl (C=O) groups is 2. The summed E-state index contributed by atoms with van der Waals surface area (Å²) in [7, 11) is 0. The summed E-state index contributed by atoms with van der Waals surface area (Å²) in [5.41, 5.74) is 2.11. The Morgan fingerprint density at radius 2 is 1.68 bits per heavy atom. The molecule has 0 unspecified atom stereocenters. The van der Waals surface area contributed by atoms with Crippen LogP contribution in [0, 0.1) is 5.92 Å². The highest BCUT2D eigenvalue weighted by Gasteiger charge is 2.38. The number of amides is 2. The van der Waals surface area contributed by atoms with Crippen LogP contribution in [0.3, 0.4) is 0 Å². The van der Waals surface area contributed by atoms with E-state index in [1.165, 1.54) is 4.90 Å². The van der Waals surface area contributed by atoms with Crippen molar-refractivity contribution in [1.29, 1.82) is 0 Å². The Morgan fingerprint density at radius 1 is 0.968 bits per heavy atom. The monoisotopic (exact) mass is 422 g/mol. The summed E-state index contributed by atoms with van der Waals surface area (Å²) in [5, 5.41) is 3.16. The summed E-state index contributed by atoms with van der Waals surface area (Å²) in [6, 6.07) is 16.7. The third kappa shape index (κ3) is 5.73. The van der Waals surface area contributed by atoms with E-state index in [1.807, 2.05) is 61.5 Å². The summed E-state index contributed by atoms with van der Waals surface area (Å²) >= 11 is 0. The maximum absolute atomic E-state index is 13.2. The second kappa shape index (κ2) is 10.8. The molecule has 2 aromatic carbocycles. The number of carbonyl (C=O) groups excluding carboxylic acids is 2. The lowest BCUT2D eigenvalue weighted by Gasteiger charge is -2.15. The van der Waals surface area contributed by atoms with Crippen LogP contribution < -0.4 is 10.1 Å². The molecule has 0 saturated heterocycles. The Balaban J connectivity index is 1.87. The molecule has 0 atom stereocenters. The molecular weight excluding hydrogens is 392 g/mol. The average Bonchev–Trinajstić information content (AvgIpc) is 3.00. The minimum atomic E-state index is -0.319. The first-order valence-corrected chi connectivity index (χ1v) is 10.7. The van der Waals surface area contributed by atoms with Gasteiger partial charge in [0.25, 0.3) is 11.8 Å². The molecule has 0 fully saturated rings. The van der Waals surface area contributed by atoms with Gasteiger partial charge < -0.3 is 14.8 Å². The lowest BCUT2D eigenvalue weighted by Crippen LogP contribution is -2.34. The van der Waals surface area contributed by atoms with Gasteiger partial charge in [0.1, 0.15) is 11.4 Å². The molecule has 0 radical (unpaired) electrons. The first kappa shape index (κ1) is 22.6. The number of anilines is 1. The largest absolute Gasteiger partial charge is 0.493 e. The highest BCUT2D eigenvalue weighted by molar-refractivity contribution is 6.36. The predicted octanol–water partition coefficient (Wildman–Crippen LogP) is 4.34. The van der Waals surface area contributed by atoms with Crippen molar-refractivity contribution in [3.8, 4) is 5.75 Å². The number of benzene rings is 2. The number of nitrogens with one attached hydrogen (secondary N) is 1. The van der Waals surface area contributed by atoms with Gasteiger partial charge in [-0.25, -0.2) is 0 Å². The maximum Gasteiger partial charge on any atom is 0.278 e. The van der Waals surface area contributed by atoms with Crippen molar-refractivity contribution in [1.82, 2.24) is 4.90 Å². The van der Waals surface area contributed by atoms with Crippen LogP contribution in [0.25, 0.3) is 5.57 Å². The zero-order valence-corrected chi connectivity index (χ0v) is 18.4. The molecule has 0 bridgehead atoms. The fourth-order valence-corrected chi connectivity index (χ4v) is 3.28. The normalized spacial score (nSPS) is 14.0. The summed E-state index contributed by atoms with van der Waals surface area (Å²) < 4.78 is 11.1. The first-order valence-electron chi connectivity index (χ1n) is 10.7. The van der Waals surface area contributed by atoms with E-state index >= 15 is 0 Å². The van der Waals surface area contributed by atoms with E-state index in [0.717, 1.165) is 11.4 Å². The van der Waals surface area contributed by atoms with E-state index in [4.69, 9.17) is 9.47 Å². The number of hydrogen-bond donors (Lipinski definition) is 1. The second-order valence-electron chi connectivity index (χ2n) is 7.78. The highest BCUT2D eigenvalue weighted by atomic mass is 16.5. The smallest absolute Gasteiger partial charge is 0.278 e. The molecule has 2 aromatic rings. The van der Waals surface area contributed by atoms with Crippen LogP contribution in [0.5, 0.6) is 5.75 Å². The van der Waals surface area contributed by atoms with Crippen molar-refractivity contribution < 1.29 is 19.1 Å². The van der Waals surface area contributed by atoms with E-state index in [-0.39, 0.29) is 11.8 Å². The molecule has 2 amide bonds. The van der Waals surface area contributed by atoms with E-state index in [9.17, 15) is 9.59 Å². The van der Waals surface area contributed by atoms with Gasteiger partial charge in [0.15, 0.2) is 0 Å². The molecule has 1 N–H and O–H groups in total. The zero-order chi connectivity index (χ0) is 22.2. The number of ether oxygens (including phenoxy) is 2. The summed E-state index contributed by atoms with van der Waals surface area (Å²) in [4.78, 5) is 27.6. The van der Waals surface area contributed by atoms with Crippen LogP contribution >= 0.6 is 0 Å². The van der Waals surface area contributed by atoms with Crippen LogP contribution in [-0.2, 0) is 14.3 Å². The van der Waals surface area contributed by atoms with Gasteiger partial charge in [-0.05, 0) is 49.1 Å². The number of rotatable bonds is 11. The third-order valence-corrected chi connectivity index (χ3v) is 4.81. The predicted molar refractivity (Wildman–Crippen MR) is 122 cm³/mol. The molecule has 1 heterocycles. The topological polar surface area (TPSA) is 67.9 Å². The second-order valence-corrected chi connectivity index (χ2v) is 7.78. The highest BCUT2D eigenvalue weighted by Crippen LogP contribution is 2.31. The maximum atomic E-state index is 13.2. The Labute approximate surface area is 183 Å². The molecule has 6 nitrogen and oxygen atoms in total. The lowest BCUT2D eigenvalue weighted by molar-refractivity contribution is -0.137. The van der Waals surface area contributed by atoms with Gasteiger partial charge in [0, 0.05) is 25.4 Å². The molecule has 0 spiro atoms. The molecule has 0 saturated carbocycles. The zero-order valence-electron chi connectivity index (χ0n) is 18.4.